The van der Waals surface area contributed by atoms with Crippen LogP contribution in [-0.2, 0) is 11.2 Å². The van der Waals surface area contributed by atoms with Crippen molar-refractivity contribution in [2.75, 3.05) is 54.0 Å². The summed E-state index contributed by atoms with van der Waals surface area (Å²) in [6, 6.07) is 5.81. The van der Waals surface area contributed by atoms with Gasteiger partial charge in [-0.1, -0.05) is 30.0 Å². The summed E-state index contributed by atoms with van der Waals surface area (Å²) in [4.78, 5) is 19.7. The van der Waals surface area contributed by atoms with E-state index in [-0.39, 0.29) is 5.91 Å². The molecule has 1 aromatic carbocycles. The molecule has 1 amide bonds. The normalized spacial score (nSPS) is 19.9. The number of likely N-dealkylation sites (N-methyl/N-ethyl adjacent to an activating group) is 1. The Morgan fingerprint density at radius 1 is 1.15 bits per heavy atom. The number of carbonyl (C=O) groups excluding carboxylic acids is 1. The van der Waals surface area contributed by atoms with Crippen LogP contribution in [0.15, 0.2) is 29.3 Å². The van der Waals surface area contributed by atoms with Crippen LogP contribution in [0, 0.1) is 0 Å². The third-order valence-electron chi connectivity index (χ3n) is 4.78. The van der Waals surface area contributed by atoms with Gasteiger partial charge < -0.3 is 19.3 Å². The SMILES string of the molecule is COc1ccc(CCN2C(=O)/C(=C/N3CCN(C)CC3)SC2=S)cc1OC. The van der Waals surface area contributed by atoms with Crippen LogP contribution in [0.1, 0.15) is 5.56 Å². The topological polar surface area (TPSA) is 45.2 Å². The van der Waals surface area contributed by atoms with Gasteiger partial charge in [-0.2, -0.15) is 0 Å². The first-order valence-electron chi connectivity index (χ1n) is 8.91. The van der Waals surface area contributed by atoms with Gasteiger partial charge in [-0.25, -0.2) is 0 Å². The molecule has 1 aromatic rings. The fraction of sp³-hybridized carbons (Fsp3) is 0.474. The maximum absolute atomic E-state index is 12.8. The van der Waals surface area contributed by atoms with Gasteiger partial charge in [0.1, 0.15) is 4.32 Å². The van der Waals surface area contributed by atoms with Gasteiger partial charge in [0.05, 0.1) is 19.1 Å². The molecule has 0 N–H and O–H groups in total. The van der Waals surface area contributed by atoms with Crippen molar-refractivity contribution in [2.45, 2.75) is 6.42 Å². The summed E-state index contributed by atoms with van der Waals surface area (Å²) in [5, 5.41) is 0. The molecule has 0 aromatic heterocycles. The van der Waals surface area contributed by atoms with E-state index in [2.05, 4.69) is 16.8 Å². The van der Waals surface area contributed by atoms with Gasteiger partial charge in [0, 0.05) is 38.9 Å². The zero-order valence-electron chi connectivity index (χ0n) is 15.9. The lowest BCUT2D eigenvalue weighted by atomic mass is 10.1. The predicted molar refractivity (Wildman–Crippen MR) is 112 cm³/mol. The summed E-state index contributed by atoms with van der Waals surface area (Å²) in [6.07, 6.45) is 2.68. The van der Waals surface area contributed by atoms with Crippen LogP contribution in [-0.4, -0.2) is 78.9 Å². The molecule has 8 heteroatoms. The molecule has 0 aliphatic carbocycles. The molecule has 2 aliphatic heterocycles. The Balaban J connectivity index is 1.62. The smallest absolute Gasteiger partial charge is 0.267 e. The second-order valence-corrected chi connectivity index (χ2v) is 8.27. The lowest BCUT2D eigenvalue weighted by molar-refractivity contribution is -0.122. The van der Waals surface area contributed by atoms with Crippen LogP contribution in [0.2, 0.25) is 0 Å². The van der Waals surface area contributed by atoms with Crippen LogP contribution in [0.4, 0.5) is 0 Å². The average molecular weight is 408 g/mol. The largest absolute Gasteiger partial charge is 0.493 e. The number of thioether (sulfide) groups is 1. The van der Waals surface area contributed by atoms with E-state index in [0.717, 1.165) is 36.6 Å². The summed E-state index contributed by atoms with van der Waals surface area (Å²) >= 11 is 6.83. The molecule has 2 heterocycles. The highest BCUT2D eigenvalue weighted by Crippen LogP contribution is 2.32. The molecule has 2 saturated heterocycles. The Kier molecular flexibility index (Phi) is 6.62. The van der Waals surface area contributed by atoms with Gasteiger partial charge in [-0.15, -0.1) is 0 Å². The van der Waals surface area contributed by atoms with E-state index >= 15 is 0 Å². The molecule has 27 heavy (non-hydrogen) atoms. The van der Waals surface area contributed by atoms with Crippen LogP contribution >= 0.6 is 24.0 Å². The molecule has 0 atom stereocenters. The minimum Gasteiger partial charge on any atom is -0.493 e. The number of thiocarbonyl (C=S) groups is 1. The maximum Gasteiger partial charge on any atom is 0.267 e. The quantitative estimate of drug-likeness (QED) is 0.529. The van der Waals surface area contributed by atoms with E-state index < -0.39 is 0 Å². The van der Waals surface area contributed by atoms with Crippen molar-refractivity contribution >= 4 is 34.2 Å². The van der Waals surface area contributed by atoms with Gasteiger partial charge in [-0.3, -0.25) is 9.69 Å². The van der Waals surface area contributed by atoms with Gasteiger partial charge >= 0.3 is 0 Å². The minimum absolute atomic E-state index is 0.00408. The number of nitrogens with zero attached hydrogens (tertiary/aromatic N) is 3. The molecule has 0 saturated carbocycles. The summed E-state index contributed by atoms with van der Waals surface area (Å²) < 4.78 is 11.2. The molecule has 0 radical (unpaired) electrons. The van der Waals surface area contributed by atoms with Crippen LogP contribution in [0.5, 0.6) is 11.5 Å². The minimum atomic E-state index is 0.00408. The van der Waals surface area contributed by atoms with Gasteiger partial charge in [-0.05, 0) is 31.2 Å². The summed E-state index contributed by atoms with van der Waals surface area (Å²) in [5.74, 6) is 1.39. The van der Waals surface area contributed by atoms with Crippen LogP contribution in [0.3, 0.4) is 0 Å². The summed E-state index contributed by atoms with van der Waals surface area (Å²) in [7, 11) is 5.35. The molecule has 0 spiro atoms. The van der Waals surface area contributed by atoms with E-state index in [4.69, 9.17) is 21.7 Å². The Labute approximate surface area is 170 Å². The first kappa shape index (κ1) is 20.0. The molecular formula is C19H25N3O3S2. The van der Waals surface area contributed by atoms with E-state index in [9.17, 15) is 4.79 Å². The molecule has 0 unspecified atom stereocenters. The van der Waals surface area contributed by atoms with Crippen molar-refractivity contribution in [3.8, 4) is 11.5 Å². The number of hydrogen-bond acceptors (Lipinski definition) is 7. The number of benzene rings is 1. The van der Waals surface area contributed by atoms with E-state index in [1.807, 2.05) is 24.4 Å². The number of carbonyl (C=O) groups is 1. The Hall–Kier alpha value is -1.77. The second kappa shape index (κ2) is 8.95. The number of rotatable bonds is 6. The zero-order chi connectivity index (χ0) is 19.4. The van der Waals surface area contributed by atoms with Crippen molar-refractivity contribution in [1.82, 2.24) is 14.7 Å². The summed E-state index contributed by atoms with van der Waals surface area (Å²) in [5.41, 5.74) is 1.07. The predicted octanol–water partition coefficient (Wildman–Crippen LogP) is 2.20. The fourth-order valence-electron chi connectivity index (χ4n) is 3.08. The number of piperazine rings is 1. The fourth-order valence-corrected chi connectivity index (χ4v) is 4.39. The van der Waals surface area contributed by atoms with E-state index in [1.165, 1.54) is 11.8 Å². The Morgan fingerprint density at radius 3 is 2.52 bits per heavy atom. The zero-order valence-corrected chi connectivity index (χ0v) is 17.6. The monoisotopic (exact) mass is 407 g/mol. The molecule has 3 rings (SSSR count). The van der Waals surface area contributed by atoms with Crippen LogP contribution < -0.4 is 9.47 Å². The Bertz CT molecular complexity index is 746. The molecule has 2 fully saturated rings. The Morgan fingerprint density at radius 2 is 1.85 bits per heavy atom. The van der Waals surface area contributed by atoms with Gasteiger partial charge in [0.2, 0.25) is 0 Å². The van der Waals surface area contributed by atoms with Crippen molar-refractivity contribution in [1.29, 1.82) is 0 Å². The highest BCUT2D eigenvalue weighted by molar-refractivity contribution is 8.26. The first-order valence-corrected chi connectivity index (χ1v) is 10.1. The van der Waals surface area contributed by atoms with Crippen molar-refractivity contribution in [3.05, 3.63) is 34.9 Å². The van der Waals surface area contributed by atoms with Gasteiger partial charge in [0.25, 0.3) is 5.91 Å². The van der Waals surface area contributed by atoms with Crippen molar-refractivity contribution in [2.24, 2.45) is 0 Å². The number of methoxy groups -OCH3 is 2. The summed E-state index contributed by atoms with van der Waals surface area (Å²) in [6.45, 7) is 4.45. The first-order chi connectivity index (χ1) is 13.0. The van der Waals surface area contributed by atoms with Crippen molar-refractivity contribution in [3.63, 3.8) is 0 Å². The van der Waals surface area contributed by atoms with Crippen molar-refractivity contribution < 1.29 is 14.3 Å². The lowest BCUT2D eigenvalue weighted by Crippen LogP contribution is -2.42. The average Bonchev–Trinajstić information content (AvgIpc) is 2.94. The third kappa shape index (κ3) is 4.75. The standard InChI is InChI=1S/C19H25N3O3S2/c1-20-8-10-21(11-9-20)13-17-18(23)22(19(26)27-17)7-6-14-4-5-15(24-2)16(12-14)25-3/h4-5,12-13H,6-11H2,1-3H3/b17-13-. The number of ether oxygens (including phenoxy) is 2. The lowest BCUT2D eigenvalue weighted by Gasteiger charge is -2.31. The maximum atomic E-state index is 12.8. The molecule has 6 nitrogen and oxygen atoms in total. The number of amides is 1. The van der Waals surface area contributed by atoms with E-state index in [1.54, 1.807) is 19.1 Å². The van der Waals surface area contributed by atoms with Crippen LogP contribution in [0.25, 0.3) is 0 Å². The second-order valence-electron chi connectivity index (χ2n) is 6.60. The van der Waals surface area contributed by atoms with Gasteiger partial charge in [0.15, 0.2) is 11.5 Å². The molecule has 2 aliphatic rings. The molecule has 0 bridgehead atoms. The molecular weight excluding hydrogens is 382 g/mol. The highest BCUT2D eigenvalue weighted by atomic mass is 32.2. The van der Waals surface area contributed by atoms with E-state index in [0.29, 0.717) is 28.8 Å². The molecule has 146 valence electrons. The third-order valence-corrected chi connectivity index (χ3v) is 6.15. The number of hydrogen-bond donors (Lipinski definition) is 0. The highest BCUT2D eigenvalue weighted by Gasteiger charge is 2.32.